The number of ether oxygens (including phenoxy) is 2. The summed E-state index contributed by atoms with van der Waals surface area (Å²) < 4.78 is 10.5. The zero-order valence-corrected chi connectivity index (χ0v) is 13.0. The second-order valence-corrected chi connectivity index (χ2v) is 5.46. The van der Waals surface area contributed by atoms with E-state index in [1.165, 1.54) is 12.8 Å². The van der Waals surface area contributed by atoms with E-state index in [1.807, 2.05) is 7.05 Å². The minimum atomic E-state index is -0.0138. The van der Waals surface area contributed by atoms with Gasteiger partial charge < -0.3 is 19.7 Å². The molecule has 1 fully saturated rings. The summed E-state index contributed by atoms with van der Waals surface area (Å²) in [7, 11) is 5.01. The number of hydrogen-bond acceptors (Lipinski definition) is 4. The number of benzene rings is 1. The van der Waals surface area contributed by atoms with Gasteiger partial charge in [0, 0.05) is 19.7 Å². The highest BCUT2D eigenvalue weighted by Crippen LogP contribution is 2.26. The zero-order chi connectivity index (χ0) is 15.2. The van der Waals surface area contributed by atoms with Crippen LogP contribution >= 0.6 is 0 Å². The third kappa shape index (κ3) is 3.88. The molecule has 1 aromatic carbocycles. The van der Waals surface area contributed by atoms with E-state index in [-0.39, 0.29) is 5.91 Å². The summed E-state index contributed by atoms with van der Waals surface area (Å²) in [6.45, 7) is 2.83. The van der Waals surface area contributed by atoms with E-state index in [4.69, 9.17) is 9.47 Å². The molecule has 1 amide bonds. The fourth-order valence-corrected chi connectivity index (χ4v) is 2.73. The van der Waals surface area contributed by atoms with Crippen molar-refractivity contribution in [1.29, 1.82) is 0 Å². The fourth-order valence-electron chi connectivity index (χ4n) is 2.73. The van der Waals surface area contributed by atoms with Crippen LogP contribution in [0.3, 0.4) is 0 Å². The van der Waals surface area contributed by atoms with Gasteiger partial charge in [-0.25, -0.2) is 0 Å². The molecule has 1 N–H and O–H groups in total. The first-order valence-electron chi connectivity index (χ1n) is 7.34. The number of hydrogen-bond donors (Lipinski definition) is 1. The van der Waals surface area contributed by atoms with Crippen molar-refractivity contribution in [3.8, 4) is 11.5 Å². The van der Waals surface area contributed by atoms with E-state index in [1.54, 1.807) is 37.3 Å². The minimum Gasteiger partial charge on any atom is -0.497 e. The third-order valence-electron chi connectivity index (χ3n) is 3.92. The Balaban J connectivity index is 2.07. The molecule has 5 heteroatoms. The van der Waals surface area contributed by atoms with Crippen LogP contribution in [0.1, 0.15) is 23.2 Å². The Bertz CT molecular complexity index is 484. The Kier molecular flexibility index (Phi) is 5.44. The van der Waals surface area contributed by atoms with Gasteiger partial charge in [0.2, 0.25) is 0 Å². The van der Waals surface area contributed by atoms with Crippen molar-refractivity contribution in [2.75, 3.05) is 40.9 Å². The normalized spacial score (nSPS) is 18.1. The van der Waals surface area contributed by atoms with Crippen molar-refractivity contribution < 1.29 is 14.3 Å². The average Bonchev–Trinajstić information content (AvgIpc) is 2.54. The van der Waals surface area contributed by atoms with Crippen molar-refractivity contribution in [3.63, 3.8) is 0 Å². The first-order valence-corrected chi connectivity index (χ1v) is 7.34. The second kappa shape index (κ2) is 7.31. The van der Waals surface area contributed by atoms with Crippen molar-refractivity contribution in [1.82, 2.24) is 10.2 Å². The number of methoxy groups -OCH3 is 2. The van der Waals surface area contributed by atoms with Crippen LogP contribution in [0.5, 0.6) is 11.5 Å². The average molecular weight is 292 g/mol. The molecule has 1 aliphatic rings. The third-order valence-corrected chi connectivity index (χ3v) is 3.92. The lowest BCUT2D eigenvalue weighted by Gasteiger charge is -2.28. The standard InChI is InChI=1S/C16H24N2O3/c1-18(11-12-5-4-8-17-10-12)16(19)14-7-6-13(20-2)9-15(14)21-3/h6-7,9,12,17H,4-5,8,10-11H2,1-3H3. The summed E-state index contributed by atoms with van der Waals surface area (Å²) in [4.78, 5) is 14.4. The van der Waals surface area contributed by atoms with Crippen molar-refractivity contribution in [2.45, 2.75) is 12.8 Å². The van der Waals surface area contributed by atoms with Crippen LogP contribution in [0.25, 0.3) is 0 Å². The molecule has 1 unspecified atom stereocenters. The van der Waals surface area contributed by atoms with Gasteiger partial charge in [-0.15, -0.1) is 0 Å². The van der Waals surface area contributed by atoms with E-state index in [0.29, 0.717) is 23.0 Å². The lowest BCUT2D eigenvalue weighted by Crippen LogP contribution is -2.39. The van der Waals surface area contributed by atoms with Gasteiger partial charge in [-0.2, -0.15) is 0 Å². The molecule has 0 saturated carbocycles. The molecule has 1 atom stereocenters. The van der Waals surface area contributed by atoms with Crippen LogP contribution in [0.4, 0.5) is 0 Å². The number of amides is 1. The summed E-state index contributed by atoms with van der Waals surface area (Å²) in [6.07, 6.45) is 2.35. The molecule has 0 radical (unpaired) electrons. The SMILES string of the molecule is COc1ccc(C(=O)N(C)CC2CCCNC2)c(OC)c1. The largest absolute Gasteiger partial charge is 0.497 e. The van der Waals surface area contributed by atoms with E-state index in [0.717, 1.165) is 19.6 Å². The van der Waals surface area contributed by atoms with Gasteiger partial charge in [0.05, 0.1) is 19.8 Å². The molecule has 1 aromatic rings. The van der Waals surface area contributed by atoms with Crippen molar-refractivity contribution >= 4 is 5.91 Å². The van der Waals surface area contributed by atoms with E-state index >= 15 is 0 Å². The first kappa shape index (κ1) is 15.6. The number of piperidine rings is 1. The van der Waals surface area contributed by atoms with Gasteiger partial charge in [0.15, 0.2) is 0 Å². The summed E-state index contributed by atoms with van der Waals surface area (Å²) in [5.74, 6) is 1.74. The molecule has 0 bridgehead atoms. The number of nitrogens with one attached hydrogen (secondary N) is 1. The van der Waals surface area contributed by atoms with Crippen LogP contribution in [-0.4, -0.2) is 51.7 Å². The highest BCUT2D eigenvalue weighted by molar-refractivity contribution is 5.97. The van der Waals surface area contributed by atoms with E-state index in [9.17, 15) is 4.79 Å². The van der Waals surface area contributed by atoms with E-state index < -0.39 is 0 Å². The topological polar surface area (TPSA) is 50.8 Å². The zero-order valence-electron chi connectivity index (χ0n) is 13.0. The highest BCUT2D eigenvalue weighted by atomic mass is 16.5. The quantitative estimate of drug-likeness (QED) is 0.899. The van der Waals surface area contributed by atoms with Crippen molar-refractivity contribution in [2.24, 2.45) is 5.92 Å². The predicted octanol–water partition coefficient (Wildman–Crippen LogP) is 1.78. The molecule has 0 aromatic heterocycles. The summed E-state index contributed by atoms with van der Waals surface area (Å²) in [5, 5.41) is 3.38. The number of nitrogens with zero attached hydrogens (tertiary/aromatic N) is 1. The molecule has 1 saturated heterocycles. The lowest BCUT2D eigenvalue weighted by molar-refractivity contribution is 0.0761. The van der Waals surface area contributed by atoms with Gasteiger partial charge in [-0.05, 0) is 44.0 Å². The molecule has 1 heterocycles. The Morgan fingerprint density at radius 2 is 2.19 bits per heavy atom. The maximum absolute atomic E-state index is 12.6. The second-order valence-electron chi connectivity index (χ2n) is 5.46. The van der Waals surface area contributed by atoms with Crippen LogP contribution in [-0.2, 0) is 0 Å². The lowest BCUT2D eigenvalue weighted by atomic mass is 9.99. The predicted molar refractivity (Wildman–Crippen MR) is 82.1 cm³/mol. The van der Waals surface area contributed by atoms with Crippen LogP contribution in [0.15, 0.2) is 18.2 Å². The molecule has 21 heavy (non-hydrogen) atoms. The highest BCUT2D eigenvalue weighted by Gasteiger charge is 2.21. The maximum atomic E-state index is 12.6. The molecular weight excluding hydrogens is 268 g/mol. The Labute approximate surface area is 126 Å². The monoisotopic (exact) mass is 292 g/mol. The minimum absolute atomic E-state index is 0.0138. The Morgan fingerprint density at radius 3 is 2.81 bits per heavy atom. The van der Waals surface area contributed by atoms with Crippen LogP contribution in [0.2, 0.25) is 0 Å². The number of carbonyl (C=O) groups excluding carboxylic acids is 1. The molecule has 2 rings (SSSR count). The molecule has 116 valence electrons. The van der Waals surface area contributed by atoms with Gasteiger partial charge in [-0.3, -0.25) is 4.79 Å². The van der Waals surface area contributed by atoms with Crippen LogP contribution in [0, 0.1) is 5.92 Å². The van der Waals surface area contributed by atoms with E-state index in [2.05, 4.69) is 5.32 Å². The molecule has 0 aliphatic carbocycles. The van der Waals surface area contributed by atoms with Crippen molar-refractivity contribution in [3.05, 3.63) is 23.8 Å². The molecule has 0 spiro atoms. The summed E-state index contributed by atoms with van der Waals surface area (Å²) in [6, 6.07) is 5.28. The molecule has 1 aliphatic heterocycles. The Hall–Kier alpha value is -1.75. The Morgan fingerprint density at radius 1 is 1.38 bits per heavy atom. The van der Waals surface area contributed by atoms with Gasteiger partial charge in [0.25, 0.3) is 5.91 Å². The van der Waals surface area contributed by atoms with Gasteiger partial charge in [-0.1, -0.05) is 0 Å². The molecule has 5 nitrogen and oxygen atoms in total. The maximum Gasteiger partial charge on any atom is 0.257 e. The smallest absolute Gasteiger partial charge is 0.257 e. The summed E-state index contributed by atoms with van der Waals surface area (Å²) in [5.41, 5.74) is 0.574. The van der Waals surface area contributed by atoms with Gasteiger partial charge >= 0.3 is 0 Å². The summed E-state index contributed by atoms with van der Waals surface area (Å²) >= 11 is 0. The fraction of sp³-hybridized carbons (Fsp3) is 0.562. The van der Waals surface area contributed by atoms with Gasteiger partial charge in [0.1, 0.15) is 11.5 Å². The number of carbonyl (C=O) groups is 1. The number of rotatable bonds is 5. The first-order chi connectivity index (χ1) is 10.2. The van der Waals surface area contributed by atoms with Crippen LogP contribution < -0.4 is 14.8 Å². The molecular formula is C16H24N2O3.